The molecule has 0 radical (unpaired) electrons. The number of nitrogens with one attached hydrogen (secondary N) is 1. The van der Waals surface area contributed by atoms with Gasteiger partial charge in [-0.15, -0.1) is 0 Å². The molecule has 0 saturated carbocycles. The molecule has 1 N–H and O–H groups in total. The molecular weight excluding hydrogens is 288 g/mol. The Bertz CT molecular complexity index is 305. The molecule has 12 heavy (non-hydrogen) atoms. The Morgan fingerprint density at radius 3 is 3.25 bits per heavy atom. The summed E-state index contributed by atoms with van der Waals surface area (Å²) in [6.07, 6.45) is 0. The minimum Gasteiger partial charge on any atom is -0.476 e. The predicted molar refractivity (Wildman–Crippen MR) is 58.4 cm³/mol. The molecule has 0 aliphatic carbocycles. The normalized spacial score (nSPS) is 20.7. The molecule has 1 aromatic carbocycles. The van der Waals surface area contributed by atoms with Crippen LogP contribution in [0.5, 0.6) is 5.75 Å². The highest BCUT2D eigenvalue weighted by atomic mass is 127. The van der Waals surface area contributed by atoms with Gasteiger partial charge in [-0.25, -0.2) is 0 Å². The lowest BCUT2D eigenvalue weighted by Gasteiger charge is -2.23. The largest absolute Gasteiger partial charge is 0.476 e. The average molecular weight is 296 g/mol. The number of alkyl halides is 1. The van der Waals surface area contributed by atoms with Gasteiger partial charge in [0.25, 0.3) is 0 Å². The van der Waals surface area contributed by atoms with E-state index in [0.717, 1.165) is 23.0 Å². The first-order chi connectivity index (χ1) is 5.75. The first-order valence-corrected chi connectivity index (χ1v) is 5.22. The van der Waals surface area contributed by atoms with Crippen LogP contribution in [0.15, 0.2) is 18.2 Å². The van der Waals surface area contributed by atoms with E-state index in [2.05, 4.69) is 27.9 Å². The van der Waals surface area contributed by atoms with Gasteiger partial charge in [0, 0.05) is 5.02 Å². The number of halogens is 2. The van der Waals surface area contributed by atoms with Crippen molar-refractivity contribution < 1.29 is 4.74 Å². The predicted octanol–water partition coefficient (Wildman–Crippen LogP) is 2.91. The molecule has 1 aliphatic rings. The van der Waals surface area contributed by atoms with Gasteiger partial charge in [0.2, 0.25) is 0 Å². The van der Waals surface area contributed by atoms with Gasteiger partial charge in [0.15, 0.2) is 4.11 Å². The fourth-order valence-electron chi connectivity index (χ4n) is 1.11. The highest BCUT2D eigenvalue weighted by Crippen LogP contribution is 2.32. The van der Waals surface area contributed by atoms with Gasteiger partial charge < -0.3 is 10.1 Å². The van der Waals surface area contributed by atoms with Crippen LogP contribution in [0.4, 0.5) is 5.69 Å². The van der Waals surface area contributed by atoms with E-state index in [-0.39, 0.29) is 4.11 Å². The molecule has 0 saturated heterocycles. The molecule has 1 aliphatic heterocycles. The lowest BCUT2D eigenvalue weighted by molar-refractivity contribution is 0.305. The first kappa shape index (κ1) is 8.44. The van der Waals surface area contributed by atoms with Crippen molar-refractivity contribution in [1.29, 1.82) is 0 Å². The van der Waals surface area contributed by atoms with E-state index in [1.807, 2.05) is 18.2 Å². The molecule has 0 bridgehead atoms. The molecule has 1 unspecified atom stereocenters. The molecule has 64 valence electrons. The summed E-state index contributed by atoms with van der Waals surface area (Å²) in [4.78, 5) is 0. The molecule has 2 nitrogen and oxygen atoms in total. The number of fused-ring (bicyclic) bond motifs is 1. The first-order valence-electron chi connectivity index (χ1n) is 3.60. The van der Waals surface area contributed by atoms with E-state index < -0.39 is 0 Å². The molecule has 0 spiro atoms. The number of ether oxygens (including phenoxy) is 1. The van der Waals surface area contributed by atoms with Crippen LogP contribution in [0.3, 0.4) is 0 Å². The number of hydrogen-bond donors (Lipinski definition) is 1. The fraction of sp³-hybridized carbons (Fsp3) is 0.250. The Morgan fingerprint density at radius 2 is 2.42 bits per heavy atom. The van der Waals surface area contributed by atoms with Crippen LogP contribution in [0, 0.1) is 0 Å². The van der Waals surface area contributed by atoms with E-state index in [1.54, 1.807) is 0 Å². The van der Waals surface area contributed by atoms with Gasteiger partial charge >= 0.3 is 0 Å². The summed E-state index contributed by atoms with van der Waals surface area (Å²) in [7, 11) is 0. The second-order valence-corrected chi connectivity index (χ2v) is 4.38. The molecular formula is C8H7ClINO. The van der Waals surface area contributed by atoms with Crippen molar-refractivity contribution in [2.24, 2.45) is 0 Å². The van der Waals surface area contributed by atoms with E-state index in [1.165, 1.54) is 0 Å². The molecule has 0 amide bonds. The third-order valence-electron chi connectivity index (χ3n) is 1.65. The quantitative estimate of drug-likeness (QED) is 0.587. The maximum Gasteiger partial charge on any atom is 0.166 e. The Labute approximate surface area is 89.4 Å². The third-order valence-corrected chi connectivity index (χ3v) is 2.58. The van der Waals surface area contributed by atoms with Crippen LogP contribution in [0.2, 0.25) is 5.02 Å². The summed E-state index contributed by atoms with van der Waals surface area (Å²) in [5.74, 6) is 0.880. The summed E-state index contributed by atoms with van der Waals surface area (Å²) >= 11 is 8.06. The fourth-order valence-corrected chi connectivity index (χ4v) is 1.78. The van der Waals surface area contributed by atoms with Crippen molar-refractivity contribution in [2.45, 2.75) is 4.11 Å². The van der Waals surface area contributed by atoms with E-state index in [4.69, 9.17) is 16.3 Å². The Hall–Kier alpha value is -0.160. The highest BCUT2D eigenvalue weighted by molar-refractivity contribution is 14.1. The molecule has 1 atom stereocenters. The van der Waals surface area contributed by atoms with Crippen LogP contribution in [0.25, 0.3) is 0 Å². The zero-order valence-corrected chi connectivity index (χ0v) is 9.09. The van der Waals surface area contributed by atoms with Crippen molar-refractivity contribution in [3.05, 3.63) is 23.2 Å². The number of rotatable bonds is 0. The van der Waals surface area contributed by atoms with Gasteiger partial charge in [-0.05, 0) is 40.8 Å². The Morgan fingerprint density at radius 1 is 1.58 bits per heavy atom. The van der Waals surface area contributed by atoms with Gasteiger partial charge in [0.1, 0.15) is 5.75 Å². The summed E-state index contributed by atoms with van der Waals surface area (Å²) in [6, 6.07) is 5.59. The van der Waals surface area contributed by atoms with Crippen LogP contribution in [0.1, 0.15) is 0 Å². The second kappa shape index (κ2) is 3.30. The number of hydrogen-bond acceptors (Lipinski definition) is 2. The van der Waals surface area contributed by atoms with Gasteiger partial charge in [-0.1, -0.05) is 11.6 Å². The Kier molecular flexibility index (Phi) is 2.32. The van der Waals surface area contributed by atoms with Gasteiger partial charge in [0.05, 0.1) is 12.2 Å². The zero-order chi connectivity index (χ0) is 8.55. The lowest BCUT2D eigenvalue weighted by atomic mass is 10.2. The van der Waals surface area contributed by atoms with Crippen molar-refractivity contribution in [3.8, 4) is 5.75 Å². The summed E-state index contributed by atoms with van der Waals surface area (Å²) in [5.41, 5.74) is 0.982. The van der Waals surface area contributed by atoms with E-state index in [9.17, 15) is 0 Å². The molecule has 0 fully saturated rings. The third kappa shape index (κ3) is 1.61. The SMILES string of the molecule is Clc1ccc2c(c1)NCC(I)O2. The maximum absolute atomic E-state index is 5.82. The summed E-state index contributed by atoms with van der Waals surface area (Å²) < 4.78 is 5.76. The van der Waals surface area contributed by atoms with Crippen molar-refractivity contribution in [1.82, 2.24) is 0 Å². The van der Waals surface area contributed by atoms with Gasteiger partial charge in [-0.3, -0.25) is 0 Å². The van der Waals surface area contributed by atoms with E-state index in [0.29, 0.717) is 0 Å². The van der Waals surface area contributed by atoms with Crippen LogP contribution in [-0.2, 0) is 0 Å². The van der Waals surface area contributed by atoms with Crippen LogP contribution in [-0.4, -0.2) is 10.7 Å². The monoisotopic (exact) mass is 295 g/mol. The summed E-state index contributed by atoms with van der Waals surface area (Å²) in [6.45, 7) is 0.827. The van der Waals surface area contributed by atoms with Crippen LogP contribution >= 0.6 is 34.2 Å². The standard InChI is InChI=1S/C8H7ClINO/c9-5-1-2-7-6(3-5)11-4-8(10)12-7/h1-3,8,11H,4H2. The molecule has 1 aromatic rings. The number of anilines is 1. The minimum absolute atomic E-state index is 0.205. The molecule has 0 aromatic heterocycles. The van der Waals surface area contributed by atoms with E-state index >= 15 is 0 Å². The Balaban J connectivity index is 2.37. The molecule has 1 heterocycles. The zero-order valence-electron chi connectivity index (χ0n) is 6.18. The lowest BCUT2D eigenvalue weighted by Crippen LogP contribution is -2.24. The molecule has 4 heteroatoms. The smallest absolute Gasteiger partial charge is 0.166 e. The highest BCUT2D eigenvalue weighted by Gasteiger charge is 2.15. The second-order valence-electron chi connectivity index (χ2n) is 2.55. The summed E-state index contributed by atoms with van der Waals surface area (Å²) in [5, 5.41) is 3.97. The topological polar surface area (TPSA) is 21.3 Å². The maximum atomic E-state index is 5.82. The average Bonchev–Trinajstić information content (AvgIpc) is 2.05. The van der Waals surface area contributed by atoms with Crippen molar-refractivity contribution in [2.75, 3.05) is 11.9 Å². The number of benzene rings is 1. The molecule has 2 rings (SSSR count). The van der Waals surface area contributed by atoms with Gasteiger partial charge in [-0.2, -0.15) is 0 Å². The van der Waals surface area contributed by atoms with Crippen molar-refractivity contribution in [3.63, 3.8) is 0 Å². The van der Waals surface area contributed by atoms with Crippen molar-refractivity contribution >= 4 is 39.9 Å². The van der Waals surface area contributed by atoms with Crippen LogP contribution < -0.4 is 10.1 Å². The minimum atomic E-state index is 0.205.